The molecule has 0 saturated carbocycles. The summed E-state index contributed by atoms with van der Waals surface area (Å²) in [6.45, 7) is 11.8. The average molecular weight is 882 g/mol. The van der Waals surface area contributed by atoms with E-state index in [1.54, 1.807) is 36.7 Å². The molecule has 0 unspecified atom stereocenters. The van der Waals surface area contributed by atoms with Crippen molar-refractivity contribution in [1.29, 1.82) is 0 Å². The van der Waals surface area contributed by atoms with Crippen molar-refractivity contribution in [2.75, 3.05) is 102 Å². The largest absolute Gasteiger partial charge is 0.486 e. The number of rotatable bonds is 10. The summed E-state index contributed by atoms with van der Waals surface area (Å²) >= 11 is 12.9. The maximum absolute atomic E-state index is 13.4. The minimum Gasteiger partial charge on any atom is -0.486 e. The van der Waals surface area contributed by atoms with Crippen molar-refractivity contribution in [3.05, 3.63) is 95.2 Å². The predicted octanol–water partition coefficient (Wildman–Crippen LogP) is 6.60. The van der Waals surface area contributed by atoms with E-state index in [0.717, 1.165) is 111 Å². The smallest absolute Gasteiger partial charge is 0.423 e. The minimum atomic E-state index is -1.13. The summed E-state index contributed by atoms with van der Waals surface area (Å²) in [5.74, 6) is 1.46. The molecule has 6 heterocycles. The van der Waals surface area contributed by atoms with Gasteiger partial charge in [-0.05, 0) is 60.7 Å². The normalized spacial score (nSPS) is 16.8. The molecule has 0 spiro atoms. The first-order valence-electron chi connectivity index (χ1n) is 21.1. The van der Waals surface area contributed by atoms with Gasteiger partial charge in [-0.3, -0.25) is 9.80 Å². The zero-order valence-corrected chi connectivity index (χ0v) is 35.6. The van der Waals surface area contributed by atoms with Gasteiger partial charge in [0.25, 0.3) is 0 Å². The van der Waals surface area contributed by atoms with Gasteiger partial charge in [0.05, 0.1) is 22.4 Å². The molecule has 4 aliphatic heterocycles. The fourth-order valence-corrected chi connectivity index (χ4v) is 9.15. The van der Waals surface area contributed by atoms with Crippen molar-refractivity contribution < 1.29 is 38.0 Å². The van der Waals surface area contributed by atoms with Crippen molar-refractivity contribution in [3.8, 4) is 34.5 Å². The first-order chi connectivity index (χ1) is 30.3. The molecule has 322 valence electrons. The highest BCUT2D eigenvalue weighted by atomic mass is 35.5. The van der Waals surface area contributed by atoms with Crippen molar-refractivity contribution in [2.24, 2.45) is 0 Å². The van der Waals surface area contributed by atoms with Crippen LogP contribution in [0, 0.1) is 0 Å². The van der Waals surface area contributed by atoms with Gasteiger partial charge in [-0.1, -0.05) is 35.3 Å². The van der Waals surface area contributed by atoms with Gasteiger partial charge in [0.15, 0.2) is 34.5 Å². The van der Waals surface area contributed by atoms with E-state index in [1.807, 2.05) is 45.5 Å². The van der Waals surface area contributed by atoms with E-state index in [0.29, 0.717) is 60.3 Å². The van der Waals surface area contributed by atoms with E-state index >= 15 is 0 Å². The van der Waals surface area contributed by atoms with Crippen LogP contribution in [-0.2, 0) is 22.7 Å². The van der Waals surface area contributed by atoms with Crippen LogP contribution in [0.1, 0.15) is 0 Å². The number of hydrogen-bond acceptors (Lipinski definition) is 12. The summed E-state index contributed by atoms with van der Waals surface area (Å²) in [7, 11) is 0. The van der Waals surface area contributed by atoms with Crippen molar-refractivity contribution in [3.63, 3.8) is 0 Å². The number of fused-ring (bicyclic) bond motifs is 4. The van der Waals surface area contributed by atoms with Gasteiger partial charge < -0.3 is 47.4 Å². The Morgan fingerprint density at radius 3 is 1.37 bits per heavy atom. The lowest BCUT2D eigenvalue weighted by molar-refractivity contribution is -0.156. The highest BCUT2D eigenvalue weighted by Gasteiger charge is 2.28. The number of ether oxygens (including phenoxy) is 6. The molecule has 2 saturated heterocycles. The molecule has 0 atom stereocenters. The number of carbonyl (C=O) groups is 2. The number of carbonyl (C=O) groups excluding carboxylic acids is 2. The Bertz CT molecular complexity index is 2450. The third-order valence-corrected chi connectivity index (χ3v) is 12.5. The van der Waals surface area contributed by atoms with E-state index in [4.69, 9.17) is 51.6 Å². The molecular weight excluding hydrogens is 835 g/mol. The van der Waals surface area contributed by atoms with E-state index in [9.17, 15) is 9.59 Å². The zero-order valence-electron chi connectivity index (χ0n) is 34.1. The molecule has 62 heavy (non-hydrogen) atoms. The van der Waals surface area contributed by atoms with Crippen LogP contribution in [0.5, 0.6) is 34.5 Å². The maximum Gasteiger partial charge on any atom is 0.423 e. The van der Waals surface area contributed by atoms with E-state index in [1.165, 1.54) is 0 Å². The van der Waals surface area contributed by atoms with Crippen molar-refractivity contribution in [2.45, 2.75) is 13.1 Å². The Morgan fingerprint density at radius 1 is 0.516 bits per heavy atom. The van der Waals surface area contributed by atoms with E-state index in [-0.39, 0.29) is 11.5 Å². The van der Waals surface area contributed by atoms with Crippen LogP contribution in [0.3, 0.4) is 0 Å². The van der Waals surface area contributed by atoms with Gasteiger partial charge in [0.1, 0.15) is 26.4 Å². The molecule has 0 radical (unpaired) electrons. The molecule has 0 amide bonds. The Morgan fingerprint density at radius 2 is 0.935 bits per heavy atom. The molecule has 4 aliphatic rings. The average Bonchev–Trinajstić information content (AvgIpc) is 3.82. The summed E-state index contributed by atoms with van der Waals surface area (Å²) in [6, 6.07) is 22.8. The van der Waals surface area contributed by atoms with Crippen molar-refractivity contribution in [1.82, 2.24) is 18.9 Å². The third-order valence-electron chi connectivity index (χ3n) is 12.0. The molecule has 0 bridgehead atoms. The third kappa shape index (κ3) is 8.27. The quantitative estimate of drug-likeness (QED) is 0.109. The van der Waals surface area contributed by atoms with Crippen LogP contribution in [-0.4, -0.2) is 123 Å². The molecule has 16 heteroatoms. The van der Waals surface area contributed by atoms with E-state index in [2.05, 4.69) is 31.7 Å². The van der Waals surface area contributed by atoms with E-state index < -0.39 is 11.9 Å². The molecule has 0 aliphatic carbocycles. The molecule has 6 aromatic rings. The van der Waals surface area contributed by atoms with Crippen LogP contribution in [0.4, 0.5) is 11.4 Å². The number of para-hydroxylation sites is 2. The van der Waals surface area contributed by atoms with Crippen LogP contribution in [0.25, 0.3) is 21.8 Å². The molecule has 4 aromatic carbocycles. The molecule has 2 fully saturated rings. The topological polar surface area (TPSA) is 112 Å². The van der Waals surface area contributed by atoms with Gasteiger partial charge >= 0.3 is 11.9 Å². The number of benzene rings is 4. The Balaban J connectivity index is 0.767. The number of nitrogens with zero attached hydrogens (tertiary/aromatic N) is 6. The fourth-order valence-electron chi connectivity index (χ4n) is 8.82. The number of esters is 2. The minimum absolute atomic E-state index is 0.252. The predicted molar refractivity (Wildman–Crippen MR) is 237 cm³/mol. The number of halogens is 2. The van der Waals surface area contributed by atoms with Crippen LogP contribution < -0.4 is 38.2 Å². The summed E-state index contributed by atoms with van der Waals surface area (Å²) in [5.41, 5.74) is 3.71. The van der Waals surface area contributed by atoms with Gasteiger partial charge in [-0.15, -0.1) is 0 Å². The maximum atomic E-state index is 13.4. The van der Waals surface area contributed by atoms with Crippen LogP contribution in [0.15, 0.2) is 85.2 Å². The standard InChI is InChI=1S/C46H46Cl2N6O8/c47-31-7-9-33-37(27-31)53(21-15-49-11-17-51(18-12-49)35-3-1-5-39-43(35)59-25-23-57-39)29-41(33)61-45(55)46(56)62-42-30-54(38-28-32(48)8-10-34(38)42)22-16-50-13-19-52(20-14-50)36-4-2-6-40-44(36)60-26-24-58-40/h1-10,27-30H,11-26H2. The number of aromatic nitrogens is 2. The zero-order chi connectivity index (χ0) is 42.2. The van der Waals surface area contributed by atoms with Gasteiger partial charge in [0.2, 0.25) is 0 Å². The Labute approximate surface area is 368 Å². The monoisotopic (exact) mass is 880 g/mol. The lowest BCUT2D eigenvalue weighted by Gasteiger charge is -2.37. The molecule has 2 aromatic heterocycles. The number of piperazine rings is 2. The first-order valence-corrected chi connectivity index (χ1v) is 21.8. The van der Waals surface area contributed by atoms with Crippen molar-refractivity contribution >= 4 is 68.3 Å². The highest BCUT2D eigenvalue weighted by molar-refractivity contribution is 6.32. The molecule has 0 N–H and O–H groups in total. The second kappa shape index (κ2) is 17.5. The lowest BCUT2D eigenvalue weighted by Crippen LogP contribution is -2.47. The number of hydrogen-bond donors (Lipinski definition) is 0. The van der Waals surface area contributed by atoms with Gasteiger partial charge in [-0.25, -0.2) is 9.59 Å². The SMILES string of the molecule is O=C(Oc1cn(CCN2CCN(c3cccc4c3OCCO4)CC2)c2cc(Cl)ccc12)C(=O)Oc1cn(CCN2CCN(c3cccc4c3OCCO4)CC2)c2cc(Cl)ccc12. The van der Waals surface area contributed by atoms with Crippen LogP contribution >= 0.6 is 23.2 Å². The Kier molecular flexibility index (Phi) is 11.4. The fraction of sp³-hybridized carbons (Fsp3) is 0.348. The van der Waals surface area contributed by atoms with Gasteiger partial charge in [0, 0.05) is 112 Å². The first kappa shape index (κ1) is 40.3. The Hall–Kier alpha value is -5.80. The summed E-state index contributed by atoms with van der Waals surface area (Å²) in [6.07, 6.45) is 3.50. The number of anilines is 2. The highest BCUT2D eigenvalue weighted by Crippen LogP contribution is 2.41. The second-order valence-corrected chi connectivity index (χ2v) is 16.6. The molecule has 14 nitrogen and oxygen atoms in total. The summed E-state index contributed by atoms with van der Waals surface area (Å²) < 4.78 is 39.0. The molecule has 10 rings (SSSR count). The summed E-state index contributed by atoms with van der Waals surface area (Å²) in [5, 5.41) is 2.42. The van der Waals surface area contributed by atoms with Gasteiger partial charge in [-0.2, -0.15) is 0 Å². The molecular formula is C46H46Cl2N6O8. The second-order valence-electron chi connectivity index (χ2n) is 15.7. The van der Waals surface area contributed by atoms with Crippen LogP contribution in [0.2, 0.25) is 10.0 Å². The lowest BCUT2D eigenvalue weighted by atomic mass is 10.2. The summed E-state index contributed by atoms with van der Waals surface area (Å²) in [4.78, 5) is 36.3.